The maximum atomic E-state index is 11.8. The summed E-state index contributed by atoms with van der Waals surface area (Å²) in [5.41, 5.74) is 0.709. The number of thioether (sulfide) groups is 1. The summed E-state index contributed by atoms with van der Waals surface area (Å²) >= 11 is 7.25. The van der Waals surface area contributed by atoms with Crippen LogP contribution in [0.1, 0.15) is 20.3 Å². The molecule has 0 spiro atoms. The van der Waals surface area contributed by atoms with E-state index in [9.17, 15) is 4.79 Å². The molecule has 1 N–H and O–H groups in total. The third-order valence-electron chi connectivity index (χ3n) is 2.94. The third kappa shape index (κ3) is 4.62. The van der Waals surface area contributed by atoms with E-state index in [2.05, 4.69) is 15.2 Å². The van der Waals surface area contributed by atoms with Crippen molar-refractivity contribution in [3.63, 3.8) is 0 Å². The molecular weight excluding hydrogens is 338 g/mol. The van der Waals surface area contributed by atoms with Gasteiger partial charge in [-0.05, 0) is 31.5 Å². The third-order valence-corrected chi connectivity index (χ3v) is 4.12. The van der Waals surface area contributed by atoms with E-state index < -0.39 is 0 Å². The Morgan fingerprint density at radius 1 is 1.48 bits per heavy atom. The van der Waals surface area contributed by atoms with E-state index in [0.29, 0.717) is 33.9 Å². The Balaban J connectivity index is 2.12. The van der Waals surface area contributed by atoms with Gasteiger partial charge in [-0.3, -0.25) is 9.89 Å². The highest BCUT2D eigenvalue weighted by molar-refractivity contribution is 8.00. The van der Waals surface area contributed by atoms with Crippen LogP contribution in [0.25, 0.3) is 11.4 Å². The van der Waals surface area contributed by atoms with Crippen molar-refractivity contribution in [3.05, 3.63) is 23.2 Å². The van der Waals surface area contributed by atoms with Crippen molar-refractivity contribution in [2.24, 2.45) is 0 Å². The maximum absolute atomic E-state index is 11.8. The van der Waals surface area contributed by atoms with E-state index in [1.54, 1.807) is 32.2 Å². The van der Waals surface area contributed by atoms with Gasteiger partial charge >= 0.3 is 5.97 Å². The molecule has 0 aliphatic heterocycles. The standard InChI is InChI=1S/C15H18ClN3O3S/c1-4-7-22-14(20)9(2)23-15-17-13(18-19-15)11-8-10(16)5-6-12(11)21-3/h5-6,8-9H,4,7H2,1-3H3,(H,17,18,19). The van der Waals surface area contributed by atoms with Gasteiger partial charge < -0.3 is 9.47 Å². The van der Waals surface area contributed by atoms with Gasteiger partial charge in [0.15, 0.2) is 5.82 Å². The first-order valence-corrected chi connectivity index (χ1v) is 8.40. The second-order valence-electron chi connectivity index (χ2n) is 4.74. The lowest BCUT2D eigenvalue weighted by Gasteiger charge is -2.08. The van der Waals surface area contributed by atoms with Crippen molar-refractivity contribution < 1.29 is 14.3 Å². The maximum Gasteiger partial charge on any atom is 0.319 e. The normalized spacial score (nSPS) is 12.0. The number of benzene rings is 1. The Morgan fingerprint density at radius 3 is 2.96 bits per heavy atom. The number of H-pyrrole nitrogens is 1. The predicted molar refractivity (Wildman–Crippen MR) is 89.9 cm³/mol. The topological polar surface area (TPSA) is 77.1 Å². The average Bonchev–Trinajstić information content (AvgIpc) is 3.00. The number of halogens is 1. The van der Waals surface area contributed by atoms with Crippen molar-refractivity contribution in [3.8, 4) is 17.1 Å². The zero-order valence-electron chi connectivity index (χ0n) is 13.1. The Labute approximate surface area is 143 Å². The molecule has 1 unspecified atom stereocenters. The summed E-state index contributed by atoms with van der Waals surface area (Å²) in [6, 6.07) is 5.24. The van der Waals surface area contributed by atoms with Crippen LogP contribution in [0.4, 0.5) is 0 Å². The molecule has 0 aliphatic rings. The first-order valence-electron chi connectivity index (χ1n) is 7.14. The number of rotatable bonds is 7. The number of aromatic amines is 1. The molecule has 23 heavy (non-hydrogen) atoms. The Bertz CT molecular complexity index is 678. The summed E-state index contributed by atoms with van der Waals surface area (Å²) in [5, 5.41) is 7.61. The van der Waals surface area contributed by atoms with Crippen LogP contribution in [0.2, 0.25) is 5.02 Å². The fourth-order valence-electron chi connectivity index (χ4n) is 1.81. The highest BCUT2D eigenvalue weighted by Gasteiger charge is 2.19. The number of hydrogen-bond acceptors (Lipinski definition) is 6. The number of nitrogens with one attached hydrogen (secondary N) is 1. The van der Waals surface area contributed by atoms with Gasteiger partial charge in [-0.15, -0.1) is 5.10 Å². The smallest absolute Gasteiger partial charge is 0.319 e. The van der Waals surface area contributed by atoms with Crippen LogP contribution >= 0.6 is 23.4 Å². The molecule has 1 aromatic heterocycles. The molecule has 2 rings (SSSR count). The van der Waals surface area contributed by atoms with Gasteiger partial charge in [-0.2, -0.15) is 0 Å². The number of esters is 1. The highest BCUT2D eigenvalue weighted by atomic mass is 35.5. The van der Waals surface area contributed by atoms with Gasteiger partial charge in [0.1, 0.15) is 11.0 Å². The van der Waals surface area contributed by atoms with E-state index in [1.807, 2.05) is 6.92 Å². The lowest BCUT2D eigenvalue weighted by atomic mass is 10.2. The second kappa shape index (κ2) is 8.21. The molecule has 124 valence electrons. The van der Waals surface area contributed by atoms with E-state index in [0.717, 1.165) is 6.42 Å². The minimum absolute atomic E-state index is 0.275. The van der Waals surface area contributed by atoms with Crippen molar-refractivity contribution >= 4 is 29.3 Å². The predicted octanol–water partition coefficient (Wildman–Crippen LogP) is 3.57. The zero-order chi connectivity index (χ0) is 16.8. The largest absolute Gasteiger partial charge is 0.496 e. The summed E-state index contributed by atoms with van der Waals surface area (Å²) in [4.78, 5) is 16.2. The van der Waals surface area contributed by atoms with Crippen molar-refractivity contribution in [2.45, 2.75) is 30.7 Å². The van der Waals surface area contributed by atoms with Gasteiger partial charge in [0.05, 0.1) is 19.3 Å². The first-order chi connectivity index (χ1) is 11.0. The van der Waals surface area contributed by atoms with Crippen LogP contribution in [-0.4, -0.2) is 40.1 Å². The van der Waals surface area contributed by atoms with Crippen molar-refractivity contribution in [1.82, 2.24) is 15.2 Å². The van der Waals surface area contributed by atoms with Crippen LogP contribution < -0.4 is 4.74 Å². The van der Waals surface area contributed by atoms with E-state index in [4.69, 9.17) is 21.1 Å². The lowest BCUT2D eigenvalue weighted by molar-refractivity contribution is -0.142. The summed E-state index contributed by atoms with van der Waals surface area (Å²) in [6.07, 6.45) is 0.794. The molecule has 6 nitrogen and oxygen atoms in total. The number of methoxy groups -OCH3 is 1. The van der Waals surface area contributed by atoms with Crippen molar-refractivity contribution in [2.75, 3.05) is 13.7 Å². The van der Waals surface area contributed by atoms with E-state index in [1.165, 1.54) is 11.8 Å². The van der Waals surface area contributed by atoms with Gasteiger partial charge in [0.25, 0.3) is 0 Å². The first kappa shape index (κ1) is 17.6. The summed E-state index contributed by atoms with van der Waals surface area (Å²) in [5.74, 6) is 0.891. The van der Waals surface area contributed by atoms with E-state index >= 15 is 0 Å². The Hall–Kier alpha value is -1.73. The van der Waals surface area contributed by atoms with Crippen LogP contribution in [0.3, 0.4) is 0 Å². The molecule has 0 aliphatic carbocycles. The SMILES string of the molecule is CCCOC(=O)C(C)Sc1n[nH]c(-c2cc(Cl)ccc2OC)n1. The Kier molecular flexibility index (Phi) is 6.29. The minimum Gasteiger partial charge on any atom is -0.496 e. The fraction of sp³-hybridized carbons (Fsp3) is 0.400. The highest BCUT2D eigenvalue weighted by Crippen LogP contribution is 2.31. The number of carbonyl (C=O) groups excluding carboxylic acids is 1. The minimum atomic E-state index is -0.383. The number of ether oxygens (including phenoxy) is 2. The quantitative estimate of drug-likeness (QED) is 0.604. The zero-order valence-corrected chi connectivity index (χ0v) is 14.7. The summed E-state index contributed by atoms with van der Waals surface area (Å²) < 4.78 is 10.4. The molecule has 1 aromatic carbocycles. The second-order valence-corrected chi connectivity index (χ2v) is 6.48. The van der Waals surface area contributed by atoms with Gasteiger partial charge in [0, 0.05) is 5.02 Å². The lowest BCUT2D eigenvalue weighted by Crippen LogP contribution is -2.17. The number of carbonyl (C=O) groups is 1. The average molecular weight is 356 g/mol. The molecule has 2 aromatic rings. The molecule has 0 amide bonds. The monoisotopic (exact) mass is 355 g/mol. The molecule has 0 bridgehead atoms. The number of nitrogens with zero attached hydrogens (tertiary/aromatic N) is 2. The van der Waals surface area contributed by atoms with Gasteiger partial charge in [-0.1, -0.05) is 30.3 Å². The molecule has 8 heteroatoms. The number of hydrogen-bond donors (Lipinski definition) is 1. The Morgan fingerprint density at radius 2 is 2.26 bits per heavy atom. The van der Waals surface area contributed by atoms with Crippen LogP contribution in [0.15, 0.2) is 23.4 Å². The molecule has 0 fully saturated rings. The van der Waals surface area contributed by atoms with Crippen molar-refractivity contribution in [1.29, 1.82) is 0 Å². The molecule has 0 saturated heterocycles. The van der Waals surface area contributed by atoms with Gasteiger partial charge in [0.2, 0.25) is 5.16 Å². The molecule has 0 radical (unpaired) electrons. The molecule has 1 heterocycles. The van der Waals surface area contributed by atoms with Crippen LogP contribution in [0, 0.1) is 0 Å². The van der Waals surface area contributed by atoms with E-state index in [-0.39, 0.29) is 11.2 Å². The number of aromatic nitrogens is 3. The summed E-state index contributed by atoms with van der Waals surface area (Å²) in [7, 11) is 1.57. The van der Waals surface area contributed by atoms with Crippen LogP contribution in [0.5, 0.6) is 5.75 Å². The van der Waals surface area contributed by atoms with Crippen LogP contribution in [-0.2, 0) is 9.53 Å². The van der Waals surface area contributed by atoms with Gasteiger partial charge in [-0.25, -0.2) is 4.98 Å². The molecule has 0 saturated carbocycles. The molecular formula is C15H18ClN3O3S. The molecule has 1 atom stereocenters. The summed E-state index contributed by atoms with van der Waals surface area (Å²) in [6.45, 7) is 4.13. The fourth-order valence-corrected chi connectivity index (χ4v) is 2.71.